The second-order valence-corrected chi connectivity index (χ2v) is 7.81. The largest absolute Gasteiger partial charge is 0.307 e. The number of alkyl halides is 1. The number of aryl methyl sites for hydroxylation is 1. The van der Waals surface area contributed by atoms with Crippen molar-refractivity contribution in [3.8, 4) is 0 Å². The molecule has 0 aromatic carbocycles. The molecule has 4 heteroatoms. The Bertz CT molecular complexity index is 668. The minimum Gasteiger partial charge on any atom is -0.307 e. The molecular weight excluding hydrogens is 270 g/mol. The third kappa shape index (κ3) is 1.65. The van der Waals surface area contributed by atoms with Crippen molar-refractivity contribution in [2.75, 3.05) is 0 Å². The van der Waals surface area contributed by atoms with E-state index in [4.69, 9.17) is 16.6 Å². The maximum Gasteiger partial charge on any atom is 0.160 e. The quantitative estimate of drug-likeness (QED) is 0.754. The van der Waals surface area contributed by atoms with E-state index in [1.807, 2.05) is 20.0 Å². The summed E-state index contributed by atoms with van der Waals surface area (Å²) in [5, 5.41) is -0.114. The van der Waals surface area contributed by atoms with Crippen LogP contribution in [0.4, 0.5) is 0 Å². The Morgan fingerprint density at radius 2 is 1.85 bits per heavy atom. The van der Waals surface area contributed by atoms with Crippen LogP contribution in [0.25, 0.3) is 11.2 Å². The van der Waals surface area contributed by atoms with E-state index in [-0.39, 0.29) is 16.2 Å². The molecule has 1 aliphatic carbocycles. The summed E-state index contributed by atoms with van der Waals surface area (Å²) < 4.78 is 2.27. The van der Waals surface area contributed by atoms with E-state index in [2.05, 4.69) is 43.3 Å². The van der Waals surface area contributed by atoms with Crippen LogP contribution in [-0.2, 0) is 0 Å². The summed E-state index contributed by atoms with van der Waals surface area (Å²) in [5.41, 5.74) is 3.50. The zero-order valence-corrected chi connectivity index (χ0v) is 13.8. The van der Waals surface area contributed by atoms with Crippen LogP contribution in [0, 0.1) is 17.8 Å². The van der Waals surface area contributed by atoms with Crippen molar-refractivity contribution >= 4 is 22.8 Å². The monoisotopic (exact) mass is 291 g/mol. The number of fused-ring (bicyclic) bond motifs is 1. The first-order valence-electron chi connectivity index (χ1n) is 7.16. The third-order valence-corrected chi connectivity index (χ3v) is 5.45. The Balaban J connectivity index is 2.27. The van der Waals surface area contributed by atoms with Crippen LogP contribution in [0.15, 0.2) is 12.3 Å². The van der Waals surface area contributed by atoms with E-state index >= 15 is 0 Å². The fraction of sp³-hybridized carbons (Fsp3) is 0.625. The average Bonchev–Trinajstić information content (AvgIpc) is 2.64. The Labute approximate surface area is 125 Å². The fourth-order valence-corrected chi connectivity index (χ4v) is 3.60. The van der Waals surface area contributed by atoms with Gasteiger partial charge in [0.1, 0.15) is 11.3 Å². The van der Waals surface area contributed by atoms with Gasteiger partial charge in [-0.15, -0.1) is 11.6 Å². The molecule has 1 unspecified atom stereocenters. The molecule has 1 fully saturated rings. The number of pyridine rings is 1. The zero-order valence-electron chi connectivity index (χ0n) is 13.0. The molecule has 1 saturated carbocycles. The van der Waals surface area contributed by atoms with Crippen LogP contribution in [-0.4, -0.2) is 14.5 Å². The first kappa shape index (κ1) is 13.9. The average molecular weight is 292 g/mol. The van der Waals surface area contributed by atoms with E-state index in [0.29, 0.717) is 6.04 Å². The Kier molecular flexibility index (Phi) is 2.75. The predicted molar refractivity (Wildman–Crippen MR) is 83.1 cm³/mol. The lowest BCUT2D eigenvalue weighted by molar-refractivity contribution is 0.457. The van der Waals surface area contributed by atoms with Crippen molar-refractivity contribution < 1.29 is 0 Å². The summed E-state index contributed by atoms with van der Waals surface area (Å²) in [4.78, 5) is 9.35. The molecule has 20 heavy (non-hydrogen) atoms. The first-order valence-corrected chi connectivity index (χ1v) is 7.60. The molecule has 0 spiro atoms. The minimum absolute atomic E-state index is 0.114. The third-order valence-electron chi connectivity index (χ3n) is 5.25. The number of imidazole rings is 1. The van der Waals surface area contributed by atoms with Gasteiger partial charge in [-0.2, -0.15) is 0 Å². The lowest BCUT2D eigenvalue weighted by Gasteiger charge is -2.12. The summed E-state index contributed by atoms with van der Waals surface area (Å²) in [6.45, 7) is 13.2. The number of aromatic nitrogens is 3. The fourth-order valence-electron chi connectivity index (χ4n) is 3.44. The lowest BCUT2D eigenvalue weighted by atomic mass is 10.0. The number of rotatable bonds is 2. The molecule has 2 heterocycles. The van der Waals surface area contributed by atoms with Gasteiger partial charge >= 0.3 is 0 Å². The van der Waals surface area contributed by atoms with Crippen molar-refractivity contribution in [2.24, 2.45) is 10.8 Å². The number of hydrogen-bond acceptors (Lipinski definition) is 2. The Hall–Kier alpha value is -1.09. The second-order valence-electron chi connectivity index (χ2n) is 7.16. The van der Waals surface area contributed by atoms with Crippen molar-refractivity contribution in [1.29, 1.82) is 0 Å². The van der Waals surface area contributed by atoms with Crippen molar-refractivity contribution in [1.82, 2.24) is 14.5 Å². The molecule has 0 aliphatic heterocycles. The summed E-state index contributed by atoms with van der Waals surface area (Å²) in [6, 6.07) is 2.48. The molecule has 2 aromatic rings. The molecule has 0 amide bonds. The molecule has 108 valence electrons. The van der Waals surface area contributed by atoms with Gasteiger partial charge in [0.2, 0.25) is 0 Å². The topological polar surface area (TPSA) is 30.7 Å². The molecule has 2 aromatic heterocycles. The lowest BCUT2D eigenvalue weighted by Crippen LogP contribution is -2.07. The number of nitrogens with zero attached hydrogens (tertiary/aromatic N) is 3. The molecule has 1 aliphatic rings. The highest BCUT2D eigenvalue weighted by molar-refractivity contribution is 6.20. The Morgan fingerprint density at radius 3 is 2.35 bits per heavy atom. The first-order chi connectivity index (χ1) is 9.18. The van der Waals surface area contributed by atoms with Gasteiger partial charge in [0, 0.05) is 12.2 Å². The van der Waals surface area contributed by atoms with E-state index in [9.17, 15) is 0 Å². The standard InChI is InChI=1S/C16H22ClN3/c1-9-7-11-13(18-8-9)20(12(19-11)10(2)17)14-15(3,4)16(14,5)6/h7-8,10,14H,1-6H3. The van der Waals surface area contributed by atoms with E-state index in [1.165, 1.54) is 0 Å². The van der Waals surface area contributed by atoms with Crippen LogP contribution in [0.5, 0.6) is 0 Å². The molecule has 0 bridgehead atoms. The maximum atomic E-state index is 6.37. The maximum absolute atomic E-state index is 6.37. The van der Waals surface area contributed by atoms with Crippen LogP contribution in [0.1, 0.15) is 57.4 Å². The van der Waals surface area contributed by atoms with Gasteiger partial charge in [-0.3, -0.25) is 0 Å². The van der Waals surface area contributed by atoms with E-state index in [0.717, 1.165) is 22.6 Å². The molecule has 0 N–H and O–H groups in total. The molecule has 0 saturated heterocycles. The van der Waals surface area contributed by atoms with Gasteiger partial charge in [0.25, 0.3) is 0 Å². The van der Waals surface area contributed by atoms with E-state index < -0.39 is 0 Å². The normalized spacial score (nSPS) is 22.1. The molecule has 3 nitrogen and oxygen atoms in total. The Morgan fingerprint density at radius 1 is 1.25 bits per heavy atom. The number of hydrogen-bond donors (Lipinski definition) is 0. The second kappa shape index (κ2) is 3.97. The van der Waals surface area contributed by atoms with Crippen LogP contribution in [0.2, 0.25) is 0 Å². The van der Waals surface area contributed by atoms with E-state index in [1.54, 1.807) is 0 Å². The summed E-state index contributed by atoms with van der Waals surface area (Å²) in [5.74, 6) is 0.934. The van der Waals surface area contributed by atoms with Crippen molar-refractivity contribution in [2.45, 2.75) is 53.0 Å². The SMILES string of the molecule is Cc1cnc2c(c1)nc(C(C)Cl)n2C1C(C)(C)C1(C)C. The smallest absolute Gasteiger partial charge is 0.160 e. The summed E-state index contributed by atoms with van der Waals surface area (Å²) >= 11 is 6.37. The molecule has 1 atom stereocenters. The van der Waals surface area contributed by atoms with Crippen LogP contribution < -0.4 is 0 Å². The van der Waals surface area contributed by atoms with Gasteiger partial charge in [-0.1, -0.05) is 27.7 Å². The minimum atomic E-state index is -0.114. The highest BCUT2D eigenvalue weighted by Crippen LogP contribution is 2.72. The molecule has 0 radical (unpaired) electrons. The van der Waals surface area contributed by atoms with Crippen LogP contribution in [0.3, 0.4) is 0 Å². The van der Waals surface area contributed by atoms with Gasteiger partial charge in [-0.25, -0.2) is 9.97 Å². The van der Waals surface area contributed by atoms with Gasteiger partial charge in [0.15, 0.2) is 5.65 Å². The van der Waals surface area contributed by atoms with Gasteiger partial charge in [0.05, 0.1) is 5.38 Å². The van der Waals surface area contributed by atoms with Gasteiger partial charge in [-0.05, 0) is 36.3 Å². The van der Waals surface area contributed by atoms with Crippen molar-refractivity contribution in [3.63, 3.8) is 0 Å². The van der Waals surface area contributed by atoms with Gasteiger partial charge < -0.3 is 4.57 Å². The molecule has 3 rings (SSSR count). The highest BCUT2D eigenvalue weighted by Gasteiger charge is 2.66. The van der Waals surface area contributed by atoms with Crippen molar-refractivity contribution in [3.05, 3.63) is 23.7 Å². The summed E-state index contributed by atoms with van der Waals surface area (Å²) in [7, 11) is 0. The predicted octanol–water partition coefficient (Wildman–Crippen LogP) is 4.65. The summed E-state index contributed by atoms with van der Waals surface area (Å²) in [6.07, 6.45) is 1.91. The number of halogens is 1. The van der Waals surface area contributed by atoms with Crippen LogP contribution >= 0.6 is 11.6 Å². The molecular formula is C16H22ClN3. The zero-order chi connectivity index (χ0) is 14.9. The highest BCUT2D eigenvalue weighted by atomic mass is 35.5.